The fourth-order valence-electron chi connectivity index (χ4n) is 4.15. The molecule has 9 heteroatoms. The number of nitrogens with zero attached hydrogens (tertiary/aromatic N) is 1. The van der Waals surface area contributed by atoms with Gasteiger partial charge < -0.3 is 25.2 Å². The van der Waals surface area contributed by atoms with Crippen LogP contribution >= 0.6 is 0 Å². The van der Waals surface area contributed by atoms with Gasteiger partial charge in [0.15, 0.2) is 0 Å². The van der Waals surface area contributed by atoms with Gasteiger partial charge >= 0.3 is 12.1 Å². The predicted octanol–water partition coefficient (Wildman–Crippen LogP) is 3.09. The Bertz CT molecular complexity index is 1200. The predicted molar refractivity (Wildman–Crippen MR) is 127 cm³/mol. The highest BCUT2D eigenvalue weighted by Gasteiger charge is 2.30. The van der Waals surface area contributed by atoms with Crippen molar-refractivity contribution in [2.75, 3.05) is 13.7 Å². The number of fused-ring (bicyclic) bond motifs is 3. The molecule has 1 aliphatic rings. The lowest BCUT2D eigenvalue weighted by molar-refractivity contribution is -0.139. The van der Waals surface area contributed by atoms with Crippen molar-refractivity contribution in [1.29, 1.82) is 0 Å². The number of ether oxygens (including phenoxy) is 2. The Hall–Kier alpha value is -4.40. The first-order chi connectivity index (χ1) is 17.0. The Morgan fingerprint density at radius 1 is 1.03 bits per heavy atom. The van der Waals surface area contributed by atoms with Gasteiger partial charge in [0.2, 0.25) is 11.8 Å². The quantitative estimate of drug-likeness (QED) is 0.434. The average molecular weight is 476 g/mol. The number of aromatic nitrogens is 1. The summed E-state index contributed by atoms with van der Waals surface area (Å²) in [7, 11) is 1.48. The van der Waals surface area contributed by atoms with Gasteiger partial charge in [-0.1, -0.05) is 48.5 Å². The van der Waals surface area contributed by atoms with Gasteiger partial charge in [0.25, 0.3) is 0 Å². The lowest BCUT2D eigenvalue weighted by Gasteiger charge is -2.19. The summed E-state index contributed by atoms with van der Waals surface area (Å²) in [5, 5.41) is 14.2. The molecule has 1 heterocycles. The summed E-state index contributed by atoms with van der Waals surface area (Å²) in [6.45, 7) is 0.165. The van der Waals surface area contributed by atoms with Crippen LogP contribution in [0, 0.1) is 0 Å². The van der Waals surface area contributed by atoms with Gasteiger partial charge in [0.1, 0.15) is 12.6 Å². The molecule has 1 aliphatic carbocycles. The first kappa shape index (κ1) is 23.7. The fourth-order valence-corrected chi connectivity index (χ4v) is 4.15. The number of aliphatic carboxylic acids is 1. The first-order valence-electron chi connectivity index (χ1n) is 11.1. The molecule has 3 aromatic rings. The Labute approximate surface area is 202 Å². The summed E-state index contributed by atoms with van der Waals surface area (Å²) in [6, 6.07) is 17.9. The molecular formula is C26H25N3O6. The van der Waals surface area contributed by atoms with Crippen LogP contribution in [0.3, 0.4) is 0 Å². The van der Waals surface area contributed by atoms with Crippen LogP contribution < -0.4 is 15.4 Å². The minimum Gasteiger partial charge on any atom is -0.481 e. The maximum atomic E-state index is 12.6. The van der Waals surface area contributed by atoms with Gasteiger partial charge in [-0.05, 0) is 33.9 Å². The number of carbonyl (C=O) groups is 3. The fraction of sp³-hybridized carbons (Fsp3) is 0.231. The number of carbonyl (C=O) groups excluding carboxylic acids is 2. The summed E-state index contributed by atoms with van der Waals surface area (Å²) in [4.78, 5) is 40.5. The molecule has 4 rings (SSSR count). The van der Waals surface area contributed by atoms with E-state index in [4.69, 9.17) is 9.47 Å². The Balaban J connectivity index is 1.38. The maximum absolute atomic E-state index is 12.6. The van der Waals surface area contributed by atoms with Crippen LogP contribution in [0.5, 0.6) is 5.88 Å². The van der Waals surface area contributed by atoms with Crippen molar-refractivity contribution in [3.05, 3.63) is 83.6 Å². The number of nitrogens with one attached hydrogen (secondary N) is 2. The third-order valence-corrected chi connectivity index (χ3v) is 5.81. The Morgan fingerprint density at radius 2 is 1.69 bits per heavy atom. The number of benzene rings is 2. The number of methoxy groups -OCH3 is 1. The van der Waals surface area contributed by atoms with Crippen LogP contribution in [0.15, 0.2) is 66.9 Å². The monoisotopic (exact) mass is 475 g/mol. The van der Waals surface area contributed by atoms with Gasteiger partial charge in [-0.2, -0.15) is 0 Å². The summed E-state index contributed by atoms with van der Waals surface area (Å²) >= 11 is 0. The van der Waals surface area contributed by atoms with E-state index in [1.54, 1.807) is 12.1 Å². The van der Waals surface area contributed by atoms with E-state index in [2.05, 4.69) is 15.6 Å². The Kier molecular flexibility index (Phi) is 7.25. The van der Waals surface area contributed by atoms with Crippen LogP contribution in [0.2, 0.25) is 0 Å². The van der Waals surface area contributed by atoms with E-state index < -0.39 is 30.4 Å². The third-order valence-electron chi connectivity index (χ3n) is 5.81. The van der Waals surface area contributed by atoms with Gasteiger partial charge in [-0.15, -0.1) is 0 Å². The van der Waals surface area contributed by atoms with Crippen molar-refractivity contribution in [1.82, 2.24) is 15.6 Å². The summed E-state index contributed by atoms with van der Waals surface area (Å²) in [5.41, 5.74) is 4.99. The van der Waals surface area contributed by atoms with Crippen LogP contribution in [0.4, 0.5) is 4.79 Å². The smallest absolute Gasteiger partial charge is 0.407 e. The molecule has 0 spiro atoms. The average Bonchev–Trinajstić information content (AvgIpc) is 3.19. The second kappa shape index (κ2) is 10.7. The number of amides is 2. The highest BCUT2D eigenvalue weighted by atomic mass is 16.5. The van der Waals surface area contributed by atoms with Gasteiger partial charge in [0, 0.05) is 24.7 Å². The van der Waals surface area contributed by atoms with Crippen molar-refractivity contribution in [2.45, 2.75) is 24.9 Å². The lowest BCUT2D eigenvalue weighted by Crippen LogP contribution is -2.48. The van der Waals surface area contributed by atoms with Crippen molar-refractivity contribution in [2.24, 2.45) is 0 Å². The molecule has 0 aliphatic heterocycles. The lowest BCUT2D eigenvalue weighted by atomic mass is 9.98. The summed E-state index contributed by atoms with van der Waals surface area (Å²) in [6.07, 6.45) is 0.0819. The SMILES string of the molecule is COc1cc(CNC(=O)C(CC(=O)O)NC(=O)OCC2c3ccccc3-c3ccccc32)ccn1. The zero-order valence-corrected chi connectivity index (χ0v) is 19.1. The number of carboxylic acids is 1. The molecule has 1 aromatic heterocycles. The van der Waals surface area contributed by atoms with E-state index in [1.165, 1.54) is 13.3 Å². The molecule has 1 atom stereocenters. The molecule has 0 saturated carbocycles. The molecular weight excluding hydrogens is 450 g/mol. The van der Waals surface area contributed by atoms with Crippen molar-refractivity contribution >= 4 is 18.0 Å². The number of hydrogen-bond acceptors (Lipinski definition) is 6. The third kappa shape index (κ3) is 5.57. The normalized spacial score (nSPS) is 12.7. The van der Waals surface area contributed by atoms with Crippen molar-refractivity contribution < 1.29 is 29.0 Å². The van der Waals surface area contributed by atoms with Crippen molar-refractivity contribution in [3.8, 4) is 17.0 Å². The van der Waals surface area contributed by atoms with E-state index in [9.17, 15) is 19.5 Å². The molecule has 0 fully saturated rings. The molecule has 35 heavy (non-hydrogen) atoms. The van der Waals surface area contributed by atoms with E-state index in [1.807, 2.05) is 48.5 Å². The standard InChI is InChI=1S/C26H25N3O6/c1-34-23-12-16(10-11-27-23)14-28-25(32)22(13-24(30)31)29-26(33)35-15-21-19-8-4-2-6-17(19)18-7-3-5-9-20(18)21/h2-12,21-22H,13-15H2,1H3,(H,28,32)(H,29,33)(H,30,31). The second-order valence-corrected chi connectivity index (χ2v) is 8.04. The van der Waals surface area contributed by atoms with Crippen LogP contribution in [0.25, 0.3) is 11.1 Å². The van der Waals surface area contributed by atoms with E-state index in [0.717, 1.165) is 22.3 Å². The molecule has 2 amide bonds. The topological polar surface area (TPSA) is 127 Å². The minimum absolute atomic E-state index is 0.0537. The number of carboxylic acid groups (broad SMARTS) is 1. The second-order valence-electron chi connectivity index (χ2n) is 8.04. The highest BCUT2D eigenvalue weighted by Crippen LogP contribution is 2.44. The molecule has 3 N–H and O–H groups in total. The van der Waals surface area contributed by atoms with E-state index in [-0.39, 0.29) is 19.1 Å². The number of alkyl carbamates (subject to hydrolysis) is 1. The number of pyridine rings is 1. The van der Waals surface area contributed by atoms with Crippen LogP contribution in [-0.2, 0) is 20.9 Å². The number of rotatable bonds is 9. The number of hydrogen-bond donors (Lipinski definition) is 3. The molecule has 1 unspecified atom stereocenters. The zero-order valence-electron chi connectivity index (χ0n) is 19.1. The molecule has 2 aromatic carbocycles. The Morgan fingerprint density at radius 3 is 2.31 bits per heavy atom. The van der Waals surface area contributed by atoms with Crippen molar-refractivity contribution in [3.63, 3.8) is 0 Å². The van der Waals surface area contributed by atoms with Gasteiger partial charge in [-0.3, -0.25) is 9.59 Å². The van der Waals surface area contributed by atoms with E-state index >= 15 is 0 Å². The zero-order chi connectivity index (χ0) is 24.8. The first-order valence-corrected chi connectivity index (χ1v) is 11.1. The minimum atomic E-state index is -1.30. The summed E-state index contributed by atoms with van der Waals surface area (Å²) in [5.74, 6) is -1.64. The van der Waals surface area contributed by atoms with Crippen LogP contribution in [-0.4, -0.2) is 47.8 Å². The molecule has 180 valence electrons. The summed E-state index contributed by atoms with van der Waals surface area (Å²) < 4.78 is 10.5. The molecule has 0 saturated heterocycles. The highest BCUT2D eigenvalue weighted by molar-refractivity contribution is 5.89. The van der Waals surface area contributed by atoms with Crippen LogP contribution in [0.1, 0.15) is 29.0 Å². The van der Waals surface area contributed by atoms with Gasteiger partial charge in [0.05, 0.1) is 13.5 Å². The molecule has 9 nitrogen and oxygen atoms in total. The van der Waals surface area contributed by atoms with Gasteiger partial charge in [-0.25, -0.2) is 9.78 Å². The molecule has 0 bridgehead atoms. The molecule has 0 radical (unpaired) electrons. The largest absolute Gasteiger partial charge is 0.481 e. The van der Waals surface area contributed by atoms with E-state index in [0.29, 0.717) is 11.4 Å². The maximum Gasteiger partial charge on any atom is 0.407 e.